The van der Waals surface area contributed by atoms with Crippen molar-refractivity contribution >= 4 is 17.5 Å². The quantitative estimate of drug-likeness (QED) is 0.508. The molecule has 0 atom stereocenters. The highest BCUT2D eigenvalue weighted by atomic mass is 35.5. The smallest absolute Gasteiger partial charge is 0.284 e. The minimum absolute atomic E-state index is 0.170. The number of halogens is 3. The van der Waals surface area contributed by atoms with E-state index in [0.29, 0.717) is 22.0 Å². The van der Waals surface area contributed by atoms with Crippen molar-refractivity contribution in [3.05, 3.63) is 63.7 Å². The summed E-state index contributed by atoms with van der Waals surface area (Å²) in [6.07, 6.45) is 1.13. The lowest BCUT2D eigenvalue weighted by Gasteiger charge is -2.41. The summed E-state index contributed by atoms with van der Waals surface area (Å²) in [5, 5.41) is 21.9. The van der Waals surface area contributed by atoms with Gasteiger partial charge < -0.3 is 10.4 Å². The average Bonchev–Trinajstić information content (AvgIpc) is 3.27. The lowest BCUT2D eigenvalue weighted by Crippen LogP contribution is -2.58. The molecule has 1 amide bonds. The van der Waals surface area contributed by atoms with Crippen LogP contribution in [0.3, 0.4) is 0 Å². The molecule has 1 saturated heterocycles. The zero-order valence-electron chi connectivity index (χ0n) is 19.0. The Morgan fingerprint density at radius 1 is 1.26 bits per heavy atom. The number of amides is 1. The van der Waals surface area contributed by atoms with E-state index in [9.17, 15) is 23.5 Å². The van der Waals surface area contributed by atoms with Gasteiger partial charge in [0.25, 0.3) is 17.9 Å². The number of carbonyl (C=O) groups excluding carboxylic acids is 1. The molecule has 9 nitrogen and oxygen atoms in total. The summed E-state index contributed by atoms with van der Waals surface area (Å²) in [6, 6.07) is 8.18. The van der Waals surface area contributed by atoms with Crippen molar-refractivity contribution in [1.29, 1.82) is 0 Å². The van der Waals surface area contributed by atoms with E-state index in [0.717, 1.165) is 4.68 Å². The number of carbonyl (C=O) groups is 1. The first-order valence-electron chi connectivity index (χ1n) is 11.0. The highest BCUT2D eigenvalue weighted by Gasteiger charge is 2.37. The molecule has 0 bridgehead atoms. The van der Waals surface area contributed by atoms with Crippen LogP contribution in [0.15, 0.2) is 47.5 Å². The van der Waals surface area contributed by atoms with Crippen molar-refractivity contribution in [2.45, 2.75) is 24.8 Å². The molecule has 0 unspecified atom stereocenters. The van der Waals surface area contributed by atoms with Crippen LogP contribution in [0.4, 0.5) is 8.78 Å². The van der Waals surface area contributed by atoms with Crippen LogP contribution in [0, 0.1) is 0 Å². The molecule has 1 fully saturated rings. The molecule has 0 spiro atoms. The van der Waals surface area contributed by atoms with Gasteiger partial charge in [-0.3, -0.25) is 19.2 Å². The Morgan fingerprint density at radius 3 is 2.51 bits per heavy atom. The molecule has 0 saturated carbocycles. The van der Waals surface area contributed by atoms with Crippen molar-refractivity contribution in [3.8, 4) is 16.9 Å². The Bertz CT molecular complexity index is 1250. The van der Waals surface area contributed by atoms with Crippen LogP contribution >= 0.6 is 11.6 Å². The second-order valence-corrected chi connectivity index (χ2v) is 9.06. The first kappa shape index (κ1) is 25.0. The Balaban J connectivity index is 1.68. The fourth-order valence-electron chi connectivity index (χ4n) is 4.10. The number of aliphatic hydroxyl groups excluding tert-OH is 1. The molecule has 4 rings (SSSR count). The summed E-state index contributed by atoms with van der Waals surface area (Å²) in [4.78, 5) is 28.2. The van der Waals surface area contributed by atoms with E-state index < -0.39 is 23.4 Å². The first-order chi connectivity index (χ1) is 16.7. The molecule has 1 aromatic carbocycles. The summed E-state index contributed by atoms with van der Waals surface area (Å²) in [6.45, 7) is -0.164. The van der Waals surface area contributed by atoms with E-state index in [-0.39, 0.29) is 44.6 Å². The molecule has 186 valence electrons. The van der Waals surface area contributed by atoms with E-state index in [2.05, 4.69) is 15.5 Å². The van der Waals surface area contributed by atoms with E-state index in [4.69, 9.17) is 11.6 Å². The van der Waals surface area contributed by atoms with E-state index >= 15 is 0 Å². The lowest BCUT2D eigenvalue weighted by molar-refractivity contribution is 0.0359. The van der Waals surface area contributed by atoms with Crippen molar-refractivity contribution < 1.29 is 18.7 Å². The minimum atomic E-state index is -2.46. The van der Waals surface area contributed by atoms with Crippen LogP contribution in [0.1, 0.15) is 23.2 Å². The highest BCUT2D eigenvalue weighted by Crippen LogP contribution is 2.24. The van der Waals surface area contributed by atoms with Gasteiger partial charge in [0.2, 0.25) is 0 Å². The molecular weight excluding hydrogens is 482 g/mol. The van der Waals surface area contributed by atoms with Crippen LogP contribution in [0.5, 0.6) is 0 Å². The average molecular weight is 507 g/mol. The van der Waals surface area contributed by atoms with Crippen molar-refractivity contribution in [2.75, 3.05) is 26.2 Å². The summed E-state index contributed by atoms with van der Waals surface area (Å²) >= 11 is 5.99. The normalized spacial score (nSPS) is 15.9. The predicted molar refractivity (Wildman–Crippen MR) is 126 cm³/mol. The summed E-state index contributed by atoms with van der Waals surface area (Å²) in [5.41, 5.74) is -0.476. The van der Waals surface area contributed by atoms with Gasteiger partial charge >= 0.3 is 0 Å². The highest BCUT2D eigenvalue weighted by molar-refractivity contribution is 6.30. The van der Waals surface area contributed by atoms with Gasteiger partial charge in [-0.05, 0) is 31.0 Å². The van der Waals surface area contributed by atoms with Crippen LogP contribution < -0.4 is 10.9 Å². The molecule has 35 heavy (non-hydrogen) atoms. The third-order valence-corrected chi connectivity index (χ3v) is 6.37. The fraction of sp³-hybridized carbons (Fsp3) is 0.391. The van der Waals surface area contributed by atoms with Crippen LogP contribution in [0.2, 0.25) is 5.02 Å². The topological polar surface area (TPSA) is 105 Å². The number of hydrogen-bond donors (Lipinski definition) is 2. The largest absolute Gasteiger partial charge is 0.394 e. The molecule has 3 heterocycles. The van der Waals surface area contributed by atoms with Crippen molar-refractivity contribution in [2.24, 2.45) is 7.05 Å². The maximum absolute atomic E-state index is 13.3. The van der Waals surface area contributed by atoms with Crippen molar-refractivity contribution in [1.82, 2.24) is 29.8 Å². The SMILES string of the molecule is Cn1cc(-n2nc(-c3ccc(Cl)cc3)cc(C(=O)NC3(CO)CCN(CC(F)F)CC3)c2=O)cn1. The molecule has 1 aliphatic rings. The van der Waals surface area contributed by atoms with Crippen LogP contribution in [0.25, 0.3) is 16.9 Å². The fourth-order valence-corrected chi connectivity index (χ4v) is 4.23. The van der Waals surface area contributed by atoms with Gasteiger partial charge in [-0.2, -0.15) is 14.9 Å². The van der Waals surface area contributed by atoms with E-state index in [1.54, 1.807) is 42.4 Å². The number of rotatable bonds is 7. The molecule has 0 radical (unpaired) electrons. The summed E-state index contributed by atoms with van der Waals surface area (Å²) in [7, 11) is 1.69. The molecule has 2 aromatic heterocycles. The van der Waals surface area contributed by atoms with E-state index in [1.165, 1.54) is 16.9 Å². The van der Waals surface area contributed by atoms with Crippen molar-refractivity contribution in [3.63, 3.8) is 0 Å². The third kappa shape index (κ3) is 5.58. The maximum Gasteiger partial charge on any atom is 0.284 e. The zero-order valence-corrected chi connectivity index (χ0v) is 19.8. The molecule has 0 aliphatic carbocycles. The monoisotopic (exact) mass is 506 g/mol. The molecule has 12 heteroatoms. The number of aliphatic hydroxyl groups is 1. The number of hydrogen-bond acceptors (Lipinski definition) is 6. The minimum Gasteiger partial charge on any atom is -0.394 e. The van der Waals surface area contributed by atoms with Gasteiger partial charge in [0.1, 0.15) is 11.3 Å². The Morgan fingerprint density at radius 2 is 1.94 bits per heavy atom. The number of likely N-dealkylation sites (tertiary alicyclic amines) is 1. The number of piperidine rings is 1. The van der Waals surface area contributed by atoms with Crippen LogP contribution in [-0.2, 0) is 7.05 Å². The molecule has 2 N–H and O–H groups in total. The van der Waals surface area contributed by atoms with Gasteiger partial charge in [-0.25, -0.2) is 8.78 Å². The summed E-state index contributed by atoms with van der Waals surface area (Å²) in [5.74, 6) is -0.679. The number of nitrogens with zero attached hydrogens (tertiary/aromatic N) is 5. The number of alkyl halides is 2. The zero-order chi connectivity index (χ0) is 25.2. The van der Waals surface area contributed by atoms with E-state index in [1.807, 2.05) is 0 Å². The second-order valence-electron chi connectivity index (χ2n) is 8.62. The summed E-state index contributed by atoms with van der Waals surface area (Å²) < 4.78 is 28.1. The number of benzene rings is 1. The predicted octanol–water partition coefficient (Wildman–Crippen LogP) is 2.11. The van der Waals surface area contributed by atoms with Crippen LogP contribution in [-0.4, -0.2) is 73.7 Å². The Hall–Kier alpha value is -3.15. The Labute approximate surface area is 204 Å². The lowest BCUT2D eigenvalue weighted by atomic mass is 9.88. The van der Waals surface area contributed by atoms with Gasteiger partial charge in [0.05, 0.1) is 36.8 Å². The molecule has 1 aliphatic heterocycles. The second kappa shape index (κ2) is 10.2. The first-order valence-corrected chi connectivity index (χ1v) is 11.4. The third-order valence-electron chi connectivity index (χ3n) is 6.12. The number of aromatic nitrogens is 4. The molecule has 3 aromatic rings. The maximum atomic E-state index is 13.3. The number of aryl methyl sites for hydroxylation is 1. The number of nitrogens with one attached hydrogen (secondary N) is 1. The molecular formula is C23H25ClF2N6O3. The standard InChI is InChI=1S/C23H25ClF2N6O3/c1-30-12-17(11-27-30)32-22(35)18(10-19(29-32)15-2-4-16(24)5-3-15)21(34)28-23(14-33)6-8-31(9-7-23)13-20(25)26/h2-5,10-12,20,33H,6-9,13-14H2,1H3,(H,28,34). The van der Waals surface area contributed by atoms with Gasteiger partial charge in [-0.1, -0.05) is 23.7 Å². The van der Waals surface area contributed by atoms with Gasteiger partial charge in [0.15, 0.2) is 0 Å². The Kier molecular flexibility index (Phi) is 7.29. The van der Waals surface area contributed by atoms with Gasteiger partial charge in [-0.15, -0.1) is 0 Å². The van der Waals surface area contributed by atoms with Gasteiger partial charge in [0, 0.05) is 30.7 Å².